The minimum absolute atomic E-state index is 0.323. The van der Waals surface area contributed by atoms with Crippen molar-refractivity contribution in [2.24, 2.45) is 11.3 Å². The highest BCUT2D eigenvalue weighted by molar-refractivity contribution is 5.85. The van der Waals surface area contributed by atoms with Crippen LogP contribution < -0.4 is 4.90 Å². The Morgan fingerprint density at radius 1 is 1.27 bits per heavy atom. The average Bonchev–Trinajstić information content (AvgIpc) is 3.41. The van der Waals surface area contributed by atoms with Gasteiger partial charge in [-0.05, 0) is 56.4 Å². The first-order valence-electron chi connectivity index (χ1n) is 9.43. The van der Waals surface area contributed by atoms with Crippen LogP contribution in [0.4, 0.5) is 5.82 Å². The first-order valence-corrected chi connectivity index (χ1v) is 9.43. The normalized spacial score (nSPS) is 26.3. The van der Waals surface area contributed by atoms with Gasteiger partial charge in [-0.3, -0.25) is 4.79 Å². The fraction of sp³-hybridized carbons (Fsp3) is 0.524. The number of nitrogens with zero attached hydrogens (tertiary/aromatic N) is 2. The highest BCUT2D eigenvalue weighted by Gasteiger charge is 2.52. The van der Waals surface area contributed by atoms with E-state index in [0.29, 0.717) is 31.8 Å². The summed E-state index contributed by atoms with van der Waals surface area (Å²) in [6.45, 7) is 5.09. The summed E-state index contributed by atoms with van der Waals surface area (Å²) in [6.07, 6.45) is 2.39. The summed E-state index contributed by atoms with van der Waals surface area (Å²) in [5.41, 5.74) is 2.19. The molecule has 2 N–H and O–H groups in total. The zero-order valence-corrected chi connectivity index (χ0v) is 15.4. The number of carboxylic acids is 1. The van der Waals surface area contributed by atoms with E-state index in [-0.39, 0.29) is 0 Å². The van der Waals surface area contributed by atoms with Crippen LogP contribution in [-0.2, 0) is 4.79 Å². The van der Waals surface area contributed by atoms with Gasteiger partial charge in [0, 0.05) is 18.5 Å². The number of fused-ring (bicyclic) bond motifs is 1. The van der Waals surface area contributed by atoms with E-state index < -0.39 is 17.5 Å². The molecule has 5 nitrogen and oxygen atoms in total. The fourth-order valence-corrected chi connectivity index (χ4v) is 4.26. The Labute approximate surface area is 153 Å². The summed E-state index contributed by atoms with van der Waals surface area (Å²) in [7, 11) is 0. The Kier molecular flexibility index (Phi) is 4.14. The summed E-state index contributed by atoms with van der Waals surface area (Å²) in [5.74, 6) is 0.372. The number of carboxylic acid groups (broad SMARTS) is 1. The van der Waals surface area contributed by atoms with Gasteiger partial charge in [-0.2, -0.15) is 0 Å². The van der Waals surface area contributed by atoms with E-state index in [4.69, 9.17) is 4.98 Å². The SMILES string of the molecule is Cc1ccc2nc(N3CC[C@@H](O)[C@@](CC4CC4)(C(=O)O)C3)cc(C)c2c1. The zero-order valence-electron chi connectivity index (χ0n) is 15.4. The summed E-state index contributed by atoms with van der Waals surface area (Å²) in [4.78, 5) is 19.0. The lowest BCUT2D eigenvalue weighted by Gasteiger charge is -2.44. The number of carbonyl (C=O) groups is 1. The third kappa shape index (κ3) is 2.94. The van der Waals surface area contributed by atoms with Crippen LogP contribution in [0.1, 0.15) is 36.8 Å². The van der Waals surface area contributed by atoms with Crippen LogP contribution in [-0.4, -0.2) is 40.4 Å². The molecule has 2 aromatic rings. The molecule has 4 rings (SSSR count). The van der Waals surface area contributed by atoms with Crippen LogP contribution in [0.15, 0.2) is 24.3 Å². The van der Waals surface area contributed by atoms with Crippen molar-refractivity contribution in [3.8, 4) is 0 Å². The third-order valence-electron chi connectivity index (χ3n) is 6.04. The molecule has 0 spiro atoms. The molecule has 138 valence electrons. The third-order valence-corrected chi connectivity index (χ3v) is 6.04. The number of hydrogen-bond donors (Lipinski definition) is 2. The lowest BCUT2D eigenvalue weighted by molar-refractivity contribution is -0.158. The molecular formula is C21H26N2O3. The predicted octanol–water partition coefficient (Wildman–Crippen LogP) is 3.29. The summed E-state index contributed by atoms with van der Waals surface area (Å²) < 4.78 is 0. The van der Waals surface area contributed by atoms with E-state index in [1.54, 1.807) is 0 Å². The van der Waals surface area contributed by atoms with Crippen molar-refractivity contribution < 1.29 is 15.0 Å². The Morgan fingerprint density at radius 3 is 2.73 bits per heavy atom. The molecule has 1 aromatic heterocycles. The number of aliphatic hydroxyl groups is 1. The number of aromatic nitrogens is 1. The largest absolute Gasteiger partial charge is 0.481 e. The number of rotatable bonds is 4. The number of anilines is 1. The maximum atomic E-state index is 12.1. The standard InChI is InChI=1S/C21H26N2O3/c1-13-3-6-17-16(9-13)14(2)10-19(22-17)23-8-7-18(24)21(12-23,20(25)26)11-15-4-5-15/h3,6,9-10,15,18,24H,4-5,7-8,11-12H2,1-2H3,(H,25,26)/t18-,21+/m1/s1. The lowest BCUT2D eigenvalue weighted by atomic mass is 9.73. The smallest absolute Gasteiger partial charge is 0.314 e. The van der Waals surface area contributed by atoms with Crippen molar-refractivity contribution in [3.63, 3.8) is 0 Å². The monoisotopic (exact) mass is 354 g/mol. The van der Waals surface area contributed by atoms with Gasteiger partial charge in [0.25, 0.3) is 0 Å². The molecule has 1 saturated heterocycles. The molecule has 0 radical (unpaired) electrons. The number of pyridine rings is 1. The highest BCUT2D eigenvalue weighted by Crippen LogP contribution is 2.45. The molecule has 1 saturated carbocycles. The van der Waals surface area contributed by atoms with E-state index in [1.807, 2.05) is 18.2 Å². The molecule has 0 unspecified atom stereocenters. The molecule has 2 heterocycles. The van der Waals surface area contributed by atoms with Gasteiger partial charge >= 0.3 is 5.97 Å². The van der Waals surface area contributed by atoms with Crippen LogP contribution in [0.25, 0.3) is 10.9 Å². The number of aliphatic hydroxyl groups excluding tert-OH is 1. The minimum atomic E-state index is -1.09. The first kappa shape index (κ1) is 17.3. The van der Waals surface area contributed by atoms with E-state index >= 15 is 0 Å². The second kappa shape index (κ2) is 6.23. The van der Waals surface area contributed by atoms with Gasteiger partial charge in [-0.15, -0.1) is 0 Å². The number of benzene rings is 1. The molecule has 1 aromatic carbocycles. The van der Waals surface area contributed by atoms with Crippen LogP contribution in [0, 0.1) is 25.2 Å². The topological polar surface area (TPSA) is 73.7 Å². The molecule has 2 atom stereocenters. The molecule has 5 heteroatoms. The average molecular weight is 354 g/mol. The number of hydrogen-bond acceptors (Lipinski definition) is 4. The molecule has 0 amide bonds. The van der Waals surface area contributed by atoms with Gasteiger partial charge < -0.3 is 15.1 Å². The second-order valence-corrected chi connectivity index (χ2v) is 8.15. The molecular weight excluding hydrogens is 328 g/mol. The van der Waals surface area contributed by atoms with Crippen LogP contribution in [0.3, 0.4) is 0 Å². The van der Waals surface area contributed by atoms with Crippen molar-refractivity contribution in [2.45, 2.75) is 45.6 Å². The Hall–Kier alpha value is -2.14. The summed E-state index contributed by atoms with van der Waals surface area (Å²) >= 11 is 0. The maximum absolute atomic E-state index is 12.1. The van der Waals surface area contributed by atoms with Gasteiger partial charge in [0.2, 0.25) is 0 Å². The van der Waals surface area contributed by atoms with Gasteiger partial charge in [0.1, 0.15) is 11.2 Å². The lowest BCUT2D eigenvalue weighted by Crippen LogP contribution is -2.56. The second-order valence-electron chi connectivity index (χ2n) is 8.15. The fourth-order valence-electron chi connectivity index (χ4n) is 4.26. The van der Waals surface area contributed by atoms with E-state index in [0.717, 1.165) is 35.1 Å². The highest BCUT2D eigenvalue weighted by atomic mass is 16.4. The van der Waals surface area contributed by atoms with Gasteiger partial charge in [0.15, 0.2) is 0 Å². The maximum Gasteiger partial charge on any atom is 0.314 e. The molecule has 0 bridgehead atoms. The quantitative estimate of drug-likeness (QED) is 0.881. The van der Waals surface area contributed by atoms with E-state index in [1.165, 1.54) is 5.56 Å². The van der Waals surface area contributed by atoms with Crippen LogP contribution in [0.5, 0.6) is 0 Å². The van der Waals surface area contributed by atoms with Gasteiger partial charge in [-0.1, -0.05) is 24.5 Å². The van der Waals surface area contributed by atoms with Crippen molar-refractivity contribution in [1.82, 2.24) is 4.98 Å². The number of aryl methyl sites for hydroxylation is 2. The van der Waals surface area contributed by atoms with E-state index in [9.17, 15) is 15.0 Å². The molecule has 1 aliphatic carbocycles. The molecule has 2 fully saturated rings. The molecule has 2 aliphatic rings. The Balaban J connectivity index is 1.70. The van der Waals surface area contributed by atoms with Gasteiger partial charge in [0.05, 0.1) is 11.6 Å². The Bertz CT molecular complexity index is 862. The van der Waals surface area contributed by atoms with Crippen LogP contribution in [0.2, 0.25) is 0 Å². The van der Waals surface area contributed by atoms with Crippen LogP contribution >= 0.6 is 0 Å². The number of aliphatic carboxylic acids is 1. The summed E-state index contributed by atoms with van der Waals surface area (Å²) in [6, 6.07) is 8.25. The molecule has 26 heavy (non-hydrogen) atoms. The molecule has 1 aliphatic heterocycles. The van der Waals surface area contributed by atoms with Crippen molar-refractivity contribution >= 4 is 22.7 Å². The van der Waals surface area contributed by atoms with Crippen molar-refractivity contribution in [1.29, 1.82) is 0 Å². The number of piperidine rings is 1. The predicted molar refractivity (Wildman–Crippen MR) is 101 cm³/mol. The summed E-state index contributed by atoms with van der Waals surface area (Å²) in [5, 5.41) is 21.6. The van der Waals surface area contributed by atoms with E-state index in [2.05, 4.69) is 24.8 Å². The van der Waals surface area contributed by atoms with Crippen molar-refractivity contribution in [3.05, 3.63) is 35.4 Å². The zero-order chi connectivity index (χ0) is 18.5. The first-order chi connectivity index (χ1) is 12.4. The Morgan fingerprint density at radius 2 is 2.04 bits per heavy atom. The van der Waals surface area contributed by atoms with Crippen molar-refractivity contribution in [2.75, 3.05) is 18.0 Å². The van der Waals surface area contributed by atoms with Gasteiger partial charge in [-0.25, -0.2) is 4.98 Å². The minimum Gasteiger partial charge on any atom is -0.481 e.